The van der Waals surface area contributed by atoms with E-state index in [1.165, 1.54) is 0 Å². The van der Waals surface area contributed by atoms with Crippen molar-refractivity contribution in [2.24, 2.45) is 11.8 Å². The average Bonchev–Trinajstić information content (AvgIpc) is 2.02. The number of carbonyl (C=O) groups is 1. The van der Waals surface area contributed by atoms with Gasteiger partial charge in [0.05, 0.1) is 18.6 Å². The molecule has 0 amide bonds. The van der Waals surface area contributed by atoms with Crippen molar-refractivity contribution in [3.63, 3.8) is 0 Å². The maximum atomic E-state index is 11.1. The SMILES string of the molecule is CCOC(=O)[C@@H](C)[C@@H](O)C(C)C. The third-order valence-corrected chi connectivity index (χ3v) is 1.85. The van der Waals surface area contributed by atoms with E-state index >= 15 is 0 Å². The van der Waals surface area contributed by atoms with Gasteiger partial charge in [-0.05, 0) is 19.8 Å². The van der Waals surface area contributed by atoms with Gasteiger partial charge in [-0.3, -0.25) is 4.79 Å². The lowest BCUT2D eigenvalue weighted by Crippen LogP contribution is -2.31. The molecule has 0 spiro atoms. The van der Waals surface area contributed by atoms with Gasteiger partial charge in [-0.1, -0.05) is 13.8 Å². The molecule has 3 heteroatoms. The summed E-state index contributed by atoms with van der Waals surface area (Å²) in [5, 5.41) is 9.49. The highest BCUT2D eigenvalue weighted by molar-refractivity contribution is 5.72. The van der Waals surface area contributed by atoms with E-state index in [1.807, 2.05) is 13.8 Å². The highest BCUT2D eigenvalue weighted by atomic mass is 16.5. The lowest BCUT2D eigenvalue weighted by Gasteiger charge is -2.20. The van der Waals surface area contributed by atoms with Crippen molar-refractivity contribution in [2.45, 2.75) is 33.8 Å². The first kappa shape index (κ1) is 11.4. The van der Waals surface area contributed by atoms with Crippen LogP contribution in [0.3, 0.4) is 0 Å². The van der Waals surface area contributed by atoms with Crippen LogP contribution in [0.1, 0.15) is 27.7 Å². The van der Waals surface area contributed by atoms with Crippen molar-refractivity contribution in [2.75, 3.05) is 6.61 Å². The van der Waals surface area contributed by atoms with Gasteiger partial charge in [0.25, 0.3) is 0 Å². The summed E-state index contributed by atoms with van der Waals surface area (Å²) in [5.74, 6) is -0.659. The average molecular weight is 174 g/mol. The molecule has 2 atom stereocenters. The summed E-state index contributed by atoms with van der Waals surface area (Å²) in [5.41, 5.74) is 0. The van der Waals surface area contributed by atoms with Crippen LogP contribution in [-0.4, -0.2) is 23.8 Å². The van der Waals surface area contributed by atoms with Crippen LogP contribution in [0.4, 0.5) is 0 Å². The minimum absolute atomic E-state index is 0.0874. The molecule has 1 N–H and O–H groups in total. The summed E-state index contributed by atoms with van der Waals surface area (Å²) in [7, 11) is 0. The first-order chi connectivity index (χ1) is 5.50. The highest BCUT2D eigenvalue weighted by Gasteiger charge is 2.25. The minimum Gasteiger partial charge on any atom is -0.466 e. The number of hydrogen-bond donors (Lipinski definition) is 1. The Morgan fingerprint density at radius 3 is 2.25 bits per heavy atom. The zero-order valence-corrected chi connectivity index (χ0v) is 8.20. The first-order valence-corrected chi connectivity index (χ1v) is 4.35. The van der Waals surface area contributed by atoms with Gasteiger partial charge in [0.1, 0.15) is 0 Å². The summed E-state index contributed by atoms with van der Waals surface area (Å²) >= 11 is 0. The molecule has 0 aliphatic carbocycles. The van der Waals surface area contributed by atoms with E-state index in [0.717, 1.165) is 0 Å². The van der Waals surface area contributed by atoms with Crippen LogP contribution >= 0.6 is 0 Å². The molecule has 72 valence electrons. The van der Waals surface area contributed by atoms with Crippen LogP contribution in [-0.2, 0) is 9.53 Å². The third-order valence-electron chi connectivity index (χ3n) is 1.85. The predicted molar refractivity (Wildman–Crippen MR) is 46.6 cm³/mol. The molecular formula is C9H18O3. The van der Waals surface area contributed by atoms with Crippen LogP contribution in [0.15, 0.2) is 0 Å². The Hall–Kier alpha value is -0.570. The molecule has 3 nitrogen and oxygen atoms in total. The van der Waals surface area contributed by atoms with Crippen LogP contribution in [0.5, 0.6) is 0 Å². The molecule has 0 fully saturated rings. The van der Waals surface area contributed by atoms with Gasteiger partial charge in [-0.25, -0.2) is 0 Å². The largest absolute Gasteiger partial charge is 0.466 e. The Morgan fingerprint density at radius 2 is 1.92 bits per heavy atom. The molecule has 0 rings (SSSR count). The topological polar surface area (TPSA) is 46.5 Å². The Labute approximate surface area is 73.7 Å². The molecule has 0 saturated heterocycles. The molecule has 0 unspecified atom stereocenters. The maximum Gasteiger partial charge on any atom is 0.311 e. The smallest absolute Gasteiger partial charge is 0.311 e. The Bertz CT molecular complexity index is 143. The van der Waals surface area contributed by atoms with E-state index in [9.17, 15) is 9.90 Å². The van der Waals surface area contributed by atoms with Crippen LogP contribution in [0.25, 0.3) is 0 Å². The van der Waals surface area contributed by atoms with Gasteiger partial charge in [0, 0.05) is 0 Å². The van der Waals surface area contributed by atoms with Gasteiger partial charge in [-0.15, -0.1) is 0 Å². The number of aliphatic hydroxyl groups is 1. The number of aliphatic hydroxyl groups excluding tert-OH is 1. The molecule has 0 aliphatic rings. The van der Waals surface area contributed by atoms with Gasteiger partial charge in [-0.2, -0.15) is 0 Å². The molecule has 0 aromatic rings. The fourth-order valence-electron chi connectivity index (χ4n) is 0.990. The lowest BCUT2D eigenvalue weighted by molar-refractivity contribution is -0.152. The first-order valence-electron chi connectivity index (χ1n) is 4.35. The van der Waals surface area contributed by atoms with Gasteiger partial charge in [0.15, 0.2) is 0 Å². The number of hydrogen-bond acceptors (Lipinski definition) is 3. The van der Waals surface area contributed by atoms with Crippen LogP contribution in [0, 0.1) is 11.8 Å². The standard InChI is InChI=1S/C9H18O3/c1-5-12-9(11)7(4)8(10)6(2)3/h6-8,10H,5H2,1-4H3/t7-,8-/m0/s1. The van der Waals surface area contributed by atoms with E-state index in [2.05, 4.69) is 0 Å². The molecule has 0 aromatic heterocycles. The van der Waals surface area contributed by atoms with Crippen molar-refractivity contribution in [1.29, 1.82) is 0 Å². The molecule has 0 radical (unpaired) electrons. The summed E-state index contributed by atoms with van der Waals surface area (Å²) in [4.78, 5) is 11.1. The Balaban J connectivity index is 4.00. The predicted octanol–water partition coefficient (Wildman–Crippen LogP) is 1.20. The second kappa shape index (κ2) is 5.14. The monoisotopic (exact) mass is 174 g/mol. The van der Waals surface area contributed by atoms with Crippen molar-refractivity contribution in [3.05, 3.63) is 0 Å². The minimum atomic E-state index is -0.607. The highest BCUT2D eigenvalue weighted by Crippen LogP contribution is 2.13. The molecule has 0 saturated carbocycles. The fraction of sp³-hybridized carbons (Fsp3) is 0.889. The summed E-state index contributed by atoms with van der Waals surface area (Å²) in [6, 6.07) is 0. The lowest BCUT2D eigenvalue weighted by atomic mass is 9.95. The second-order valence-electron chi connectivity index (χ2n) is 3.28. The number of rotatable bonds is 4. The normalized spacial score (nSPS) is 15.8. The molecule has 0 aliphatic heterocycles. The van der Waals surface area contributed by atoms with Crippen LogP contribution < -0.4 is 0 Å². The van der Waals surface area contributed by atoms with Gasteiger partial charge < -0.3 is 9.84 Å². The van der Waals surface area contributed by atoms with Crippen molar-refractivity contribution < 1.29 is 14.6 Å². The summed E-state index contributed by atoms with van der Waals surface area (Å²) < 4.78 is 4.78. The van der Waals surface area contributed by atoms with E-state index < -0.39 is 12.0 Å². The zero-order valence-electron chi connectivity index (χ0n) is 8.20. The summed E-state index contributed by atoms with van der Waals surface area (Å²) in [6.07, 6.45) is -0.607. The number of carbonyl (C=O) groups excluding carboxylic acids is 1. The number of esters is 1. The van der Waals surface area contributed by atoms with E-state index in [1.54, 1.807) is 13.8 Å². The third kappa shape index (κ3) is 3.22. The number of ether oxygens (including phenoxy) is 1. The Kier molecular flexibility index (Phi) is 4.90. The Morgan fingerprint density at radius 1 is 1.42 bits per heavy atom. The van der Waals surface area contributed by atoms with E-state index in [4.69, 9.17) is 4.74 Å². The van der Waals surface area contributed by atoms with E-state index in [-0.39, 0.29) is 11.9 Å². The van der Waals surface area contributed by atoms with Crippen molar-refractivity contribution in [3.8, 4) is 0 Å². The molecular weight excluding hydrogens is 156 g/mol. The zero-order chi connectivity index (χ0) is 9.72. The molecule has 12 heavy (non-hydrogen) atoms. The molecule has 0 bridgehead atoms. The molecule has 0 heterocycles. The maximum absolute atomic E-state index is 11.1. The van der Waals surface area contributed by atoms with Gasteiger partial charge >= 0.3 is 5.97 Å². The van der Waals surface area contributed by atoms with Gasteiger partial charge in [0.2, 0.25) is 0 Å². The quantitative estimate of drug-likeness (QED) is 0.651. The van der Waals surface area contributed by atoms with Crippen LogP contribution in [0.2, 0.25) is 0 Å². The van der Waals surface area contributed by atoms with Crippen molar-refractivity contribution >= 4 is 5.97 Å². The van der Waals surface area contributed by atoms with Crippen molar-refractivity contribution in [1.82, 2.24) is 0 Å². The summed E-state index contributed by atoms with van der Waals surface area (Å²) in [6.45, 7) is 7.56. The fourth-order valence-corrected chi connectivity index (χ4v) is 0.990. The van der Waals surface area contributed by atoms with E-state index in [0.29, 0.717) is 6.61 Å². The second-order valence-corrected chi connectivity index (χ2v) is 3.28. The molecule has 0 aromatic carbocycles.